The second-order valence-corrected chi connectivity index (χ2v) is 2.59. The van der Waals surface area contributed by atoms with E-state index in [1.165, 1.54) is 0 Å². The lowest BCUT2D eigenvalue weighted by molar-refractivity contribution is -0.344. The molecule has 0 aromatic carbocycles. The number of aliphatic carboxylic acids is 1. The SMILES string of the molecule is O=C(O)C(=C(F)F)C(F)(F)C(F)(F)C(F)(F)F. The molecule has 17 heavy (non-hydrogen) atoms. The Bertz CT molecular complexity index is 349. The first-order chi connectivity index (χ1) is 7.26. The van der Waals surface area contributed by atoms with Crippen molar-refractivity contribution < 1.29 is 49.4 Å². The summed E-state index contributed by atoms with van der Waals surface area (Å²) in [6.07, 6.45) is -10.7. The summed E-state index contributed by atoms with van der Waals surface area (Å²) in [7, 11) is 0. The number of carboxylic acids is 1. The number of hydrogen-bond donors (Lipinski definition) is 1. The number of hydrogen-bond acceptors (Lipinski definition) is 1. The van der Waals surface area contributed by atoms with Crippen LogP contribution in [0.15, 0.2) is 11.7 Å². The molecule has 0 heterocycles. The van der Waals surface area contributed by atoms with E-state index in [9.17, 15) is 44.3 Å². The van der Waals surface area contributed by atoms with Crippen LogP contribution in [0.2, 0.25) is 0 Å². The molecule has 0 aliphatic rings. The van der Waals surface area contributed by atoms with Gasteiger partial charge in [0.1, 0.15) is 0 Å². The Morgan fingerprint density at radius 1 is 0.882 bits per heavy atom. The van der Waals surface area contributed by atoms with Gasteiger partial charge in [-0.05, 0) is 0 Å². The Hall–Kier alpha value is -1.42. The molecule has 0 saturated heterocycles. The molecule has 0 bridgehead atoms. The first kappa shape index (κ1) is 15.6. The molecule has 0 atom stereocenters. The van der Waals surface area contributed by atoms with Crippen LogP contribution in [0.25, 0.3) is 0 Å². The van der Waals surface area contributed by atoms with Crippen LogP contribution >= 0.6 is 0 Å². The van der Waals surface area contributed by atoms with Gasteiger partial charge in [0.25, 0.3) is 6.08 Å². The average molecular weight is 276 g/mol. The van der Waals surface area contributed by atoms with Gasteiger partial charge in [-0.3, -0.25) is 0 Å². The summed E-state index contributed by atoms with van der Waals surface area (Å²) in [5.41, 5.74) is -3.60. The first-order valence-corrected chi connectivity index (χ1v) is 3.38. The highest BCUT2D eigenvalue weighted by Gasteiger charge is 2.76. The van der Waals surface area contributed by atoms with E-state index >= 15 is 0 Å². The minimum atomic E-state index is -6.93. The molecule has 0 amide bonds. The van der Waals surface area contributed by atoms with Crippen molar-refractivity contribution in [2.45, 2.75) is 18.0 Å². The molecule has 2 nitrogen and oxygen atoms in total. The van der Waals surface area contributed by atoms with E-state index in [0.29, 0.717) is 0 Å². The van der Waals surface area contributed by atoms with E-state index in [-0.39, 0.29) is 0 Å². The highest BCUT2D eigenvalue weighted by atomic mass is 19.4. The zero-order chi connectivity index (χ0) is 14.2. The summed E-state index contributed by atoms with van der Waals surface area (Å²) in [4.78, 5) is 9.84. The maximum atomic E-state index is 12.5. The van der Waals surface area contributed by atoms with Gasteiger partial charge in [-0.25, -0.2) is 4.79 Å². The molecule has 0 aliphatic carbocycles. The average Bonchev–Trinajstić information content (AvgIpc) is 1.98. The topological polar surface area (TPSA) is 37.3 Å². The summed E-state index contributed by atoms with van der Waals surface area (Å²) in [5, 5.41) is 7.79. The van der Waals surface area contributed by atoms with Crippen LogP contribution in [0.3, 0.4) is 0 Å². The molecule has 0 aromatic heterocycles. The largest absolute Gasteiger partial charge is 0.478 e. The molecule has 0 aromatic rings. The standard InChI is InChI=1S/C6HF9O2/c7-2(8)1(3(16)17)4(9,10)5(11,12)6(13,14)15/h(H,16,17). The smallest absolute Gasteiger partial charge is 0.460 e. The van der Waals surface area contributed by atoms with E-state index in [4.69, 9.17) is 5.11 Å². The second kappa shape index (κ2) is 4.11. The number of carboxylic acid groups (broad SMARTS) is 1. The van der Waals surface area contributed by atoms with Crippen LogP contribution in [0.1, 0.15) is 0 Å². The number of halogens is 9. The lowest BCUT2D eigenvalue weighted by atomic mass is 10.0. The van der Waals surface area contributed by atoms with Crippen molar-refractivity contribution in [3.63, 3.8) is 0 Å². The molecule has 0 aliphatic heterocycles. The number of rotatable bonds is 3. The Balaban J connectivity index is 5.88. The maximum Gasteiger partial charge on any atom is 0.460 e. The van der Waals surface area contributed by atoms with Crippen molar-refractivity contribution >= 4 is 5.97 Å². The molecule has 0 radical (unpaired) electrons. The third kappa shape index (κ3) is 2.47. The predicted octanol–water partition coefficient (Wildman–Crippen LogP) is 3.05. The Morgan fingerprint density at radius 2 is 1.24 bits per heavy atom. The quantitative estimate of drug-likeness (QED) is 0.635. The van der Waals surface area contributed by atoms with Crippen molar-refractivity contribution in [2.75, 3.05) is 0 Å². The van der Waals surface area contributed by atoms with Gasteiger partial charge in [-0.2, -0.15) is 39.5 Å². The molecule has 0 saturated carbocycles. The third-order valence-electron chi connectivity index (χ3n) is 1.47. The van der Waals surface area contributed by atoms with E-state index in [0.717, 1.165) is 0 Å². The van der Waals surface area contributed by atoms with Crippen molar-refractivity contribution in [3.05, 3.63) is 11.7 Å². The lowest BCUT2D eigenvalue weighted by Gasteiger charge is -2.27. The van der Waals surface area contributed by atoms with E-state index < -0.39 is 35.6 Å². The Kier molecular flexibility index (Phi) is 3.77. The fourth-order valence-electron chi connectivity index (χ4n) is 0.669. The number of carbonyl (C=O) groups is 1. The van der Waals surface area contributed by atoms with Crippen LogP contribution in [0.5, 0.6) is 0 Å². The van der Waals surface area contributed by atoms with Crippen molar-refractivity contribution in [2.24, 2.45) is 0 Å². The molecular weight excluding hydrogens is 275 g/mol. The monoisotopic (exact) mass is 276 g/mol. The van der Waals surface area contributed by atoms with E-state index in [1.807, 2.05) is 0 Å². The van der Waals surface area contributed by atoms with Gasteiger partial charge in [-0.15, -0.1) is 0 Å². The van der Waals surface area contributed by atoms with Crippen molar-refractivity contribution in [3.8, 4) is 0 Å². The van der Waals surface area contributed by atoms with Gasteiger partial charge in [0.15, 0.2) is 5.57 Å². The number of alkyl halides is 7. The molecular formula is C6HF9O2. The van der Waals surface area contributed by atoms with Gasteiger partial charge in [0.05, 0.1) is 0 Å². The summed E-state index contributed by atoms with van der Waals surface area (Å²) in [5.74, 6) is -16.8. The molecule has 100 valence electrons. The predicted molar refractivity (Wildman–Crippen MR) is 32.8 cm³/mol. The van der Waals surface area contributed by atoms with Crippen LogP contribution in [-0.4, -0.2) is 29.1 Å². The maximum absolute atomic E-state index is 12.5. The minimum absolute atomic E-state index is 3.28. The summed E-state index contributed by atoms with van der Waals surface area (Å²) >= 11 is 0. The van der Waals surface area contributed by atoms with Crippen molar-refractivity contribution in [1.29, 1.82) is 0 Å². The summed E-state index contributed by atoms with van der Waals surface area (Å²) in [6.45, 7) is 0. The van der Waals surface area contributed by atoms with Crippen LogP contribution in [0.4, 0.5) is 39.5 Å². The van der Waals surface area contributed by atoms with E-state index in [1.54, 1.807) is 0 Å². The summed E-state index contributed by atoms with van der Waals surface area (Å²) in [6, 6.07) is 0. The first-order valence-electron chi connectivity index (χ1n) is 3.38. The molecule has 0 spiro atoms. The van der Waals surface area contributed by atoms with Crippen LogP contribution < -0.4 is 0 Å². The van der Waals surface area contributed by atoms with Crippen LogP contribution in [-0.2, 0) is 4.79 Å². The normalized spacial score (nSPS) is 13.5. The molecule has 11 heteroatoms. The van der Waals surface area contributed by atoms with Gasteiger partial charge >= 0.3 is 24.0 Å². The van der Waals surface area contributed by atoms with Crippen LogP contribution in [0, 0.1) is 0 Å². The van der Waals surface area contributed by atoms with Gasteiger partial charge in [-0.1, -0.05) is 0 Å². The van der Waals surface area contributed by atoms with Gasteiger partial charge in [0, 0.05) is 0 Å². The highest BCUT2D eigenvalue weighted by molar-refractivity contribution is 5.89. The van der Waals surface area contributed by atoms with E-state index in [2.05, 4.69) is 0 Å². The zero-order valence-electron chi connectivity index (χ0n) is 7.26. The lowest BCUT2D eigenvalue weighted by Crippen LogP contribution is -2.54. The van der Waals surface area contributed by atoms with Gasteiger partial charge in [0.2, 0.25) is 0 Å². The Morgan fingerprint density at radius 3 is 1.41 bits per heavy atom. The van der Waals surface area contributed by atoms with Crippen molar-refractivity contribution in [1.82, 2.24) is 0 Å². The zero-order valence-corrected chi connectivity index (χ0v) is 7.26. The third-order valence-corrected chi connectivity index (χ3v) is 1.47. The Labute approximate surface area is 86.3 Å². The molecule has 1 N–H and O–H groups in total. The molecule has 0 fully saturated rings. The highest BCUT2D eigenvalue weighted by Crippen LogP contribution is 2.50. The molecule has 0 rings (SSSR count). The fourth-order valence-corrected chi connectivity index (χ4v) is 0.669. The van der Waals surface area contributed by atoms with Gasteiger partial charge < -0.3 is 5.11 Å². The fraction of sp³-hybridized carbons (Fsp3) is 0.500. The second-order valence-electron chi connectivity index (χ2n) is 2.59. The minimum Gasteiger partial charge on any atom is -0.478 e. The molecule has 0 unspecified atom stereocenters. The summed E-state index contributed by atoms with van der Waals surface area (Å²) < 4.78 is 107.